The molecule has 2 aliphatic rings. The molecular weight excluding hydrogens is 218 g/mol. The molecular formula is C17H33N. The van der Waals surface area contributed by atoms with E-state index in [2.05, 4.69) is 46.9 Å². The van der Waals surface area contributed by atoms with Crippen LogP contribution in [0.5, 0.6) is 0 Å². The summed E-state index contributed by atoms with van der Waals surface area (Å²) in [6.45, 7) is 14.1. The highest BCUT2D eigenvalue weighted by Gasteiger charge is 2.45. The van der Waals surface area contributed by atoms with Crippen LogP contribution in [-0.4, -0.2) is 11.6 Å². The number of hydrogen-bond donors (Lipinski definition) is 1. The quantitative estimate of drug-likeness (QED) is 0.755. The Bertz CT molecular complexity index is 251. The highest BCUT2D eigenvalue weighted by molar-refractivity contribution is 4.99. The maximum Gasteiger partial charge on any atom is 0.0103 e. The summed E-state index contributed by atoms with van der Waals surface area (Å²) in [5, 5.41) is 3.87. The average Bonchev–Trinajstić information content (AvgIpc) is 2.66. The van der Waals surface area contributed by atoms with Crippen LogP contribution < -0.4 is 5.32 Å². The second kappa shape index (κ2) is 4.81. The Hall–Kier alpha value is -0.0400. The van der Waals surface area contributed by atoms with Gasteiger partial charge in [-0.3, -0.25) is 0 Å². The Kier molecular flexibility index (Phi) is 3.84. The van der Waals surface area contributed by atoms with E-state index < -0.39 is 0 Å². The molecule has 0 spiro atoms. The maximum absolute atomic E-state index is 3.87. The third-order valence-corrected chi connectivity index (χ3v) is 4.85. The normalized spacial score (nSPS) is 37.0. The van der Waals surface area contributed by atoms with Crippen LogP contribution in [-0.2, 0) is 0 Å². The van der Waals surface area contributed by atoms with Gasteiger partial charge in [0.2, 0.25) is 0 Å². The zero-order valence-corrected chi connectivity index (χ0v) is 13.3. The molecule has 0 saturated heterocycles. The minimum absolute atomic E-state index is 0.279. The van der Waals surface area contributed by atoms with Gasteiger partial charge in [0.15, 0.2) is 0 Å². The van der Waals surface area contributed by atoms with Crippen molar-refractivity contribution in [3.8, 4) is 0 Å². The van der Waals surface area contributed by atoms with Crippen molar-refractivity contribution in [3.05, 3.63) is 0 Å². The second-order valence-electron chi connectivity index (χ2n) is 9.01. The van der Waals surface area contributed by atoms with Crippen LogP contribution in [0.25, 0.3) is 0 Å². The Morgan fingerprint density at radius 2 is 1.44 bits per heavy atom. The fourth-order valence-corrected chi connectivity index (χ4v) is 4.50. The molecule has 0 aromatic rings. The summed E-state index contributed by atoms with van der Waals surface area (Å²) in [6, 6.07) is 0.792. The van der Waals surface area contributed by atoms with E-state index in [4.69, 9.17) is 0 Å². The van der Waals surface area contributed by atoms with Gasteiger partial charge in [0, 0.05) is 11.6 Å². The second-order valence-corrected chi connectivity index (χ2v) is 9.01. The van der Waals surface area contributed by atoms with Gasteiger partial charge in [-0.1, -0.05) is 20.8 Å². The topological polar surface area (TPSA) is 12.0 Å². The van der Waals surface area contributed by atoms with Crippen molar-refractivity contribution in [2.75, 3.05) is 0 Å². The number of fused-ring (bicyclic) bond motifs is 1. The van der Waals surface area contributed by atoms with Crippen molar-refractivity contribution in [1.82, 2.24) is 5.32 Å². The van der Waals surface area contributed by atoms with Crippen molar-refractivity contribution in [2.24, 2.45) is 23.2 Å². The van der Waals surface area contributed by atoms with Gasteiger partial charge in [-0.2, -0.15) is 0 Å². The van der Waals surface area contributed by atoms with Gasteiger partial charge in [-0.15, -0.1) is 0 Å². The lowest BCUT2D eigenvalue weighted by molar-refractivity contribution is 0.228. The zero-order valence-electron chi connectivity index (χ0n) is 13.3. The third kappa shape index (κ3) is 3.50. The zero-order chi connectivity index (χ0) is 13.6. The van der Waals surface area contributed by atoms with Crippen LogP contribution in [0.15, 0.2) is 0 Å². The largest absolute Gasteiger partial charge is 0.309 e. The standard InChI is InChI=1S/C17H33N/c1-16(2,3)11-12-7-8-14-13(12)9-10-15(14)18-17(4,5)6/h12-15,18H,7-11H2,1-6H3. The molecule has 4 unspecified atom stereocenters. The molecule has 106 valence electrons. The van der Waals surface area contributed by atoms with E-state index in [9.17, 15) is 0 Å². The van der Waals surface area contributed by atoms with E-state index in [1.165, 1.54) is 32.1 Å². The number of hydrogen-bond acceptors (Lipinski definition) is 1. The highest BCUT2D eigenvalue weighted by Crippen LogP contribution is 2.51. The molecule has 1 N–H and O–H groups in total. The predicted octanol–water partition coefficient (Wildman–Crippen LogP) is 4.62. The number of nitrogens with one attached hydrogen (secondary N) is 1. The lowest BCUT2D eigenvalue weighted by Crippen LogP contribution is -2.45. The molecule has 0 bridgehead atoms. The van der Waals surface area contributed by atoms with Crippen molar-refractivity contribution < 1.29 is 0 Å². The third-order valence-electron chi connectivity index (χ3n) is 4.85. The average molecular weight is 251 g/mol. The van der Waals surface area contributed by atoms with Gasteiger partial charge >= 0.3 is 0 Å². The van der Waals surface area contributed by atoms with E-state index in [0.29, 0.717) is 5.41 Å². The molecule has 2 aliphatic carbocycles. The van der Waals surface area contributed by atoms with Crippen LogP contribution >= 0.6 is 0 Å². The minimum Gasteiger partial charge on any atom is -0.309 e. The van der Waals surface area contributed by atoms with Gasteiger partial charge in [0.1, 0.15) is 0 Å². The molecule has 0 heterocycles. The Morgan fingerprint density at radius 3 is 2.00 bits per heavy atom. The van der Waals surface area contributed by atoms with Crippen LogP contribution in [0.1, 0.15) is 73.6 Å². The molecule has 1 nitrogen and oxygen atoms in total. The first-order chi connectivity index (χ1) is 8.16. The predicted molar refractivity (Wildman–Crippen MR) is 79.7 cm³/mol. The summed E-state index contributed by atoms with van der Waals surface area (Å²) in [5.74, 6) is 2.99. The van der Waals surface area contributed by atoms with Crippen molar-refractivity contribution in [1.29, 1.82) is 0 Å². The smallest absolute Gasteiger partial charge is 0.0103 e. The first-order valence-electron chi connectivity index (χ1n) is 7.93. The molecule has 0 radical (unpaired) electrons. The molecule has 4 atom stereocenters. The summed E-state index contributed by atoms with van der Waals surface area (Å²) in [4.78, 5) is 0. The summed E-state index contributed by atoms with van der Waals surface area (Å²) in [7, 11) is 0. The summed E-state index contributed by atoms with van der Waals surface area (Å²) in [6.07, 6.45) is 7.26. The van der Waals surface area contributed by atoms with E-state index in [1.807, 2.05) is 0 Å². The number of rotatable bonds is 2. The Balaban J connectivity index is 1.95. The van der Waals surface area contributed by atoms with Gasteiger partial charge < -0.3 is 5.32 Å². The molecule has 18 heavy (non-hydrogen) atoms. The Labute approximate surface area is 114 Å². The molecule has 2 rings (SSSR count). The van der Waals surface area contributed by atoms with Crippen LogP contribution in [0.4, 0.5) is 0 Å². The van der Waals surface area contributed by atoms with E-state index in [1.54, 1.807) is 0 Å². The SMILES string of the molecule is CC(C)(C)CC1CCC2C(NC(C)(C)C)CCC12. The van der Waals surface area contributed by atoms with Gasteiger partial charge in [0.25, 0.3) is 0 Å². The lowest BCUT2D eigenvalue weighted by Gasteiger charge is -2.30. The van der Waals surface area contributed by atoms with Crippen LogP contribution in [0, 0.1) is 23.2 Å². The van der Waals surface area contributed by atoms with Gasteiger partial charge in [-0.25, -0.2) is 0 Å². The first-order valence-corrected chi connectivity index (χ1v) is 7.93. The van der Waals surface area contributed by atoms with E-state index >= 15 is 0 Å². The van der Waals surface area contributed by atoms with Crippen LogP contribution in [0.3, 0.4) is 0 Å². The summed E-state index contributed by atoms with van der Waals surface area (Å²) >= 11 is 0. The van der Waals surface area contributed by atoms with Crippen LogP contribution in [0.2, 0.25) is 0 Å². The fourth-order valence-electron chi connectivity index (χ4n) is 4.50. The summed E-state index contributed by atoms with van der Waals surface area (Å²) < 4.78 is 0. The monoisotopic (exact) mass is 251 g/mol. The molecule has 2 saturated carbocycles. The highest BCUT2D eigenvalue weighted by atomic mass is 15.0. The molecule has 0 amide bonds. The maximum atomic E-state index is 3.87. The summed E-state index contributed by atoms with van der Waals surface area (Å²) in [5.41, 5.74) is 0.788. The van der Waals surface area contributed by atoms with Crippen molar-refractivity contribution >= 4 is 0 Å². The first kappa shape index (κ1) is 14.4. The minimum atomic E-state index is 0.279. The van der Waals surface area contributed by atoms with Gasteiger partial charge in [-0.05, 0) is 76.0 Å². The van der Waals surface area contributed by atoms with E-state index in [-0.39, 0.29) is 5.54 Å². The van der Waals surface area contributed by atoms with Crippen molar-refractivity contribution in [2.45, 2.75) is 85.2 Å². The molecule has 0 aliphatic heterocycles. The molecule has 2 fully saturated rings. The van der Waals surface area contributed by atoms with E-state index in [0.717, 1.165) is 23.8 Å². The Morgan fingerprint density at radius 1 is 0.833 bits per heavy atom. The van der Waals surface area contributed by atoms with Crippen molar-refractivity contribution in [3.63, 3.8) is 0 Å². The van der Waals surface area contributed by atoms with Gasteiger partial charge in [0.05, 0.1) is 0 Å². The fraction of sp³-hybridized carbons (Fsp3) is 1.00. The lowest BCUT2D eigenvalue weighted by atomic mass is 9.79. The molecule has 1 heteroatoms. The molecule has 0 aromatic heterocycles. The molecule has 0 aromatic carbocycles.